The first-order valence-electron chi connectivity index (χ1n) is 11.4. The fourth-order valence-electron chi connectivity index (χ4n) is 4.77. The minimum atomic E-state index is -4.65. The zero-order valence-corrected chi connectivity index (χ0v) is 19.9. The summed E-state index contributed by atoms with van der Waals surface area (Å²) in [5.74, 6) is -2.32. The van der Waals surface area contributed by atoms with Crippen molar-refractivity contribution in [3.05, 3.63) is 59.7 Å². The van der Waals surface area contributed by atoms with Crippen LogP contribution in [0.15, 0.2) is 36.9 Å². The number of imidazole rings is 1. The lowest BCUT2D eigenvalue weighted by Gasteiger charge is -2.12. The smallest absolute Gasteiger partial charge is 0.408 e. The van der Waals surface area contributed by atoms with E-state index in [2.05, 4.69) is 25.1 Å². The minimum Gasteiger partial charge on any atom is -0.480 e. The summed E-state index contributed by atoms with van der Waals surface area (Å²) < 4.78 is 81.9. The Morgan fingerprint density at radius 1 is 1.03 bits per heavy atom. The zero-order chi connectivity index (χ0) is 26.8. The van der Waals surface area contributed by atoms with E-state index < -0.39 is 35.8 Å². The molecule has 14 heteroatoms. The number of rotatable bonds is 6. The molecule has 38 heavy (non-hydrogen) atoms. The van der Waals surface area contributed by atoms with Gasteiger partial charge in [-0.1, -0.05) is 0 Å². The maximum absolute atomic E-state index is 15.6. The first-order chi connectivity index (χ1) is 18.2. The number of methoxy groups -OCH3 is 2. The average molecular weight is 531 g/mol. The van der Waals surface area contributed by atoms with Crippen molar-refractivity contribution in [2.75, 3.05) is 14.2 Å². The van der Waals surface area contributed by atoms with Gasteiger partial charge in [-0.3, -0.25) is 4.68 Å². The van der Waals surface area contributed by atoms with Gasteiger partial charge in [-0.15, -0.1) is 0 Å². The Morgan fingerprint density at radius 3 is 2.55 bits per heavy atom. The molecule has 0 saturated heterocycles. The Hall–Kier alpha value is -4.36. The van der Waals surface area contributed by atoms with Gasteiger partial charge in [0.2, 0.25) is 5.88 Å². The van der Waals surface area contributed by atoms with Crippen LogP contribution in [0, 0.1) is 11.6 Å². The van der Waals surface area contributed by atoms with Crippen molar-refractivity contribution >= 4 is 16.6 Å². The van der Waals surface area contributed by atoms with E-state index in [9.17, 15) is 17.6 Å². The van der Waals surface area contributed by atoms with Gasteiger partial charge < -0.3 is 9.47 Å². The van der Waals surface area contributed by atoms with Crippen molar-refractivity contribution < 1.29 is 31.4 Å². The van der Waals surface area contributed by atoms with Gasteiger partial charge in [0.05, 0.1) is 37.1 Å². The van der Waals surface area contributed by atoms with Gasteiger partial charge in [0, 0.05) is 24.2 Å². The molecule has 0 aliphatic heterocycles. The Balaban J connectivity index is 1.43. The summed E-state index contributed by atoms with van der Waals surface area (Å²) in [6, 6.07) is 2.89. The SMILES string of the molecule is COc1ncc(-c2cc([C@H]3C[C@@H]3c3cc(F)c4cnn(CC(F)(F)F)c4c3F)c3nccn3n2)c(OC)n1. The summed E-state index contributed by atoms with van der Waals surface area (Å²) in [5, 5.41) is 7.82. The van der Waals surface area contributed by atoms with Crippen LogP contribution in [-0.2, 0) is 6.54 Å². The number of nitrogens with zero attached hydrogens (tertiary/aromatic N) is 7. The first-order valence-corrected chi connectivity index (χ1v) is 11.4. The molecule has 1 fully saturated rings. The highest BCUT2D eigenvalue weighted by atomic mass is 19.4. The van der Waals surface area contributed by atoms with Crippen molar-refractivity contribution in [2.24, 2.45) is 0 Å². The molecule has 6 rings (SSSR count). The average Bonchev–Trinajstić information content (AvgIpc) is 3.32. The van der Waals surface area contributed by atoms with E-state index in [0.29, 0.717) is 33.6 Å². The number of benzene rings is 1. The topological polar surface area (TPSA) is 92.3 Å². The molecule has 1 aliphatic carbocycles. The maximum Gasteiger partial charge on any atom is 0.408 e. The van der Waals surface area contributed by atoms with Gasteiger partial charge in [-0.25, -0.2) is 23.3 Å². The van der Waals surface area contributed by atoms with E-state index in [-0.39, 0.29) is 28.8 Å². The van der Waals surface area contributed by atoms with Crippen LogP contribution in [0.4, 0.5) is 22.0 Å². The van der Waals surface area contributed by atoms with E-state index >= 15 is 4.39 Å². The Labute approximate surface area is 210 Å². The van der Waals surface area contributed by atoms with Crippen LogP contribution in [0.2, 0.25) is 0 Å². The summed E-state index contributed by atoms with van der Waals surface area (Å²) in [4.78, 5) is 12.7. The summed E-state index contributed by atoms with van der Waals surface area (Å²) in [7, 11) is 2.86. The summed E-state index contributed by atoms with van der Waals surface area (Å²) in [5.41, 5.74) is 1.60. The number of aromatic nitrogens is 7. The molecular formula is C24H18F5N7O2. The second kappa shape index (κ2) is 8.60. The van der Waals surface area contributed by atoms with E-state index in [4.69, 9.17) is 9.47 Å². The molecule has 1 aliphatic rings. The number of ether oxygens (including phenoxy) is 2. The van der Waals surface area contributed by atoms with Crippen LogP contribution >= 0.6 is 0 Å². The number of hydrogen-bond donors (Lipinski definition) is 0. The third-order valence-electron chi connectivity index (χ3n) is 6.53. The first kappa shape index (κ1) is 24.0. The standard InChI is InChI=1S/C24H18F5N7O2/c1-37-22-16(8-31-23(33-22)38-2)18-7-14(21-30-3-4-35(21)34-18)12-5-11(12)13-6-17(25)15-9-32-36(10-24(27,28)29)20(15)19(13)26/h3-4,6-9,11-12H,5,10H2,1-2H3/t11-,12-/m0/s1. The second-order valence-electron chi connectivity index (χ2n) is 8.85. The van der Waals surface area contributed by atoms with E-state index in [1.165, 1.54) is 20.4 Å². The highest BCUT2D eigenvalue weighted by Crippen LogP contribution is 2.57. The van der Waals surface area contributed by atoms with Gasteiger partial charge in [0.1, 0.15) is 17.9 Å². The second-order valence-corrected chi connectivity index (χ2v) is 8.85. The van der Waals surface area contributed by atoms with Crippen molar-refractivity contribution in [1.82, 2.24) is 34.3 Å². The van der Waals surface area contributed by atoms with Gasteiger partial charge in [-0.2, -0.15) is 28.4 Å². The fraction of sp³-hybridized carbons (Fsp3) is 0.292. The van der Waals surface area contributed by atoms with Gasteiger partial charge in [0.25, 0.3) is 0 Å². The monoisotopic (exact) mass is 531 g/mol. The molecule has 4 heterocycles. The van der Waals surface area contributed by atoms with E-state index in [1.807, 2.05) is 0 Å². The largest absolute Gasteiger partial charge is 0.480 e. The van der Waals surface area contributed by atoms with E-state index in [0.717, 1.165) is 12.3 Å². The third kappa shape index (κ3) is 3.96. The summed E-state index contributed by atoms with van der Waals surface area (Å²) in [6.45, 7) is -1.53. The quantitative estimate of drug-likeness (QED) is 0.294. The predicted molar refractivity (Wildman–Crippen MR) is 123 cm³/mol. The lowest BCUT2D eigenvalue weighted by molar-refractivity contribution is -0.141. The third-order valence-corrected chi connectivity index (χ3v) is 6.53. The van der Waals surface area contributed by atoms with Crippen LogP contribution in [-0.4, -0.2) is 54.7 Å². The van der Waals surface area contributed by atoms with Gasteiger partial charge >= 0.3 is 12.2 Å². The van der Waals surface area contributed by atoms with Crippen molar-refractivity contribution in [2.45, 2.75) is 31.0 Å². The molecule has 0 N–H and O–H groups in total. The van der Waals surface area contributed by atoms with Crippen molar-refractivity contribution in [3.63, 3.8) is 0 Å². The van der Waals surface area contributed by atoms with Crippen LogP contribution in [0.5, 0.6) is 11.9 Å². The van der Waals surface area contributed by atoms with Gasteiger partial charge in [-0.05, 0) is 36.0 Å². The van der Waals surface area contributed by atoms with Crippen LogP contribution < -0.4 is 9.47 Å². The fourth-order valence-corrected chi connectivity index (χ4v) is 4.77. The molecule has 9 nitrogen and oxygen atoms in total. The molecule has 1 saturated carbocycles. The molecule has 2 atom stereocenters. The van der Waals surface area contributed by atoms with Crippen molar-refractivity contribution in [3.8, 4) is 23.1 Å². The predicted octanol–water partition coefficient (Wildman–Crippen LogP) is 4.66. The molecule has 0 bridgehead atoms. The van der Waals surface area contributed by atoms with Crippen molar-refractivity contribution in [1.29, 1.82) is 0 Å². The number of halogens is 5. The Morgan fingerprint density at radius 2 is 1.82 bits per heavy atom. The lowest BCUT2D eigenvalue weighted by atomic mass is 10.0. The zero-order valence-electron chi connectivity index (χ0n) is 19.9. The lowest BCUT2D eigenvalue weighted by Crippen LogP contribution is -2.19. The normalized spacial score (nSPS) is 17.3. The van der Waals surface area contributed by atoms with Crippen LogP contribution in [0.1, 0.15) is 29.4 Å². The van der Waals surface area contributed by atoms with E-state index in [1.54, 1.807) is 23.0 Å². The molecule has 4 aromatic heterocycles. The highest BCUT2D eigenvalue weighted by molar-refractivity contribution is 5.81. The van der Waals surface area contributed by atoms with Crippen LogP contribution in [0.25, 0.3) is 27.8 Å². The summed E-state index contributed by atoms with van der Waals surface area (Å²) in [6.07, 6.45) is 1.37. The number of alkyl halides is 3. The molecule has 1 aromatic carbocycles. The number of fused-ring (bicyclic) bond motifs is 2. The molecule has 0 unspecified atom stereocenters. The Kier molecular flexibility index (Phi) is 5.43. The molecule has 0 radical (unpaired) electrons. The molecule has 0 amide bonds. The molecule has 5 aromatic rings. The van der Waals surface area contributed by atoms with Crippen LogP contribution in [0.3, 0.4) is 0 Å². The van der Waals surface area contributed by atoms with Gasteiger partial charge in [0.15, 0.2) is 11.5 Å². The minimum absolute atomic E-state index is 0.0163. The Bertz CT molecular complexity index is 1700. The number of hydrogen-bond acceptors (Lipinski definition) is 7. The summed E-state index contributed by atoms with van der Waals surface area (Å²) >= 11 is 0. The molecule has 0 spiro atoms. The molecular weight excluding hydrogens is 513 g/mol. The highest BCUT2D eigenvalue weighted by Gasteiger charge is 2.44. The maximum atomic E-state index is 15.6. The molecule has 196 valence electrons.